The van der Waals surface area contributed by atoms with Crippen molar-refractivity contribution in [1.29, 1.82) is 0 Å². The molecule has 2 amide bonds. The lowest BCUT2D eigenvalue weighted by molar-refractivity contribution is -0.384. The molecule has 0 spiro atoms. The van der Waals surface area contributed by atoms with Crippen molar-refractivity contribution >= 4 is 45.4 Å². The number of rotatable bonds is 5. The molecule has 0 N–H and O–H groups in total. The maximum atomic E-state index is 13.0. The summed E-state index contributed by atoms with van der Waals surface area (Å²) in [5.74, 6) is 0.450. The van der Waals surface area contributed by atoms with Gasteiger partial charge in [0, 0.05) is 23.8 Å². The largest absolute Gasteiger partial charge is 0.457 e. The molecule has 0 unspecified atom stereocenters. The van der Waals surface area contributed by atoms with Gasteiger partial charge in [0.05, 0.1) is 16.4 Å². The standard InChI is InChI=1S/C26H18N2O5S/c1-16-9-10-19(28(31)32)13-22(16)23-12-11-20(33-23)14-24-25(29)27(26(30)34-24)15-18-7-4-6-17-5-2-3-8-21(17)18/h2-14H,15H2,1H3/b24-14+. The van der Waals surface area contributed by atoms with Gasteiger partial charge in [-0.05, 0) is 52.7 Å². The zero-order valence-electron chi connectivity index (χ0n) is 18.1. The van der Waals surface area contributed by atoms with Crippen molar-refractivity contribution < 1.29 is 18.9 Å². The zero-order chi connectivity index (χ0) is 23.8. The van der Waals surface area contributed by atoms with Crippen LogP contribution in [0.3, 0.4) is 0 Å². The minimum atomic E-state index is -0.460. The van der Waals surface area contributed by atoms with E-state index in [9.17, 15) is 19.7 Å². The van der Waals surface area contributed by atoms with Crippen molar-refractivity contribution in [2.45, 2.75) is 13.5 Å². The second-order valence-electron chi connectivity index (χ2n) is 7.86. The van der Waals surface area contributed by atoms with Crippen LogP contribution in [0.1, 0.15) is 16.9 Å². The van der Waals surface area contributed by atoms with E-state index < -0.39 is 4.92 Å². The third kappa shape index (κ3) is 3.99. The van der Waals surface area contributed by atoms with Crippen molar-refractivity contribution in [3.05, 3.63) is 105 Å². The summed E-state index contributed by atoms with van der Waals surface area (Å²) in [6.07, 6.45) is 1.53. The Morgan fingerprint density at radius 1 is 1.03 bits per heavy atom. The molecule has 168 valence electrons. The summed E-state index contributed by atoms with van der Waals surface area (Å²) in [6.45, 7) is 2.01. The van der Waals surface area contributed by atoms with E-state index in [2.05, 4.69) is 0 Å². The van der Waals surface area contributed by atoms with E-state index in [0.717, 1.165) is 33.7 Å². The lowest BCUT2D eigenvalue weighted by atomic mass is 10.0. The Morgan fingerprint density at radius 2 is 1.82 bits per heavy atom. The van der Waals surface area contributed by atoms with Crippen LogP contribution >= 0.6 is 11.8 Å². The highest BCUT2D eigenvalue weighted by Gasteiger charge is 2.35. The molecule has 0 aliphatic carbocycles. The summed E-state index contributed by atoms with van der Waals surface area (Å²) in [7, 11) is 0. The molecule has 1 aliphatic rings. The van der Waals surface area contributed by atoms with E-state index in [0.29, 0.717) is 17.1 Å². The first-order valence-electron chi connectivity index (χ1n) is 10.5. The van der Waals surface area contributed by atoms with Crippen LogP contribution in [-0.2, 0) is 11.3 Å². The molecule has 1 aromatic heterocycles. The van der Waals surface area contributed by atoms with Gasteiger partial charge in [0.25, 0.3) is 16.8 Å². The maximum absolute atomic E-state index is 13.0. The van der Waals surface area contributed by atoms with Crippen LogP contribution in [0.2, 0.25) is 0 Å². The van der Waals surface area contributed by atoms with Crippen molar-refractivity contribution in [3.63, 3.8) is 0 Å². The first-order valence-corrected chi connectivity index (χ1v) is 11.3. The fraction of sp³-hybridized carbons (Fsp3) is 0.0769. The topological polar surface area (TPSA) is 93.7 Å². The van der Waals surface area contributed by atoms with E-state index in [-0.39, 0.29) is 28.3 Å². The van der Waals surface area contributed by atoms with Crippen LogP contribution in [0.4, 0.5) is 10.5 Å². The fourth-order valence-corrected chi connectivity index (χ4v) is 4.75. The van der Waals surface area contributed by atoms with Gasteiger partial charge in [-0.1, -0.05) is 48.5 Å². The second kappa shape index (κ2) is 8.64. The Balaban J connectivity index is 1.40. The number of nitro groups is 1. The van der Waals surface area contributed by atoms with Gasteiger partial charge in [-0.25, -0.2) is 0 Å². The number of nitro benzene ring substituents is 1. The Labute approximate surface area is 198 Å². The molecule has 1 aliphatic heterocycles. The van der Waals surface area contributed by atoms with Crippen LogP contribution < -0.4 is 0 Å². The predicted molar refractivity (Wildman–Crippen MR) is 131 cm³/mol. The van der Waals surface area contributed by atoms with Gasteiger partial charge in [-0.3, -0.25) is 24.6 Å². The number of furan rings is 1. The van der Waals surface area contributed by atoms with E-state index in [4.69, 9.17) is 4.42 Å². The Bertz CT molecular complexity index is 1500. The van der Waals surface area contributed by atoms with Gasteiger partial charge in [0.2, 0.25) is 0 Å². The Morgan fingerprint density at radius 3 is 2.65 bits per heavy atom. The molecule has 4 aromatic rings. The number of imide groups is 1. The monoisotopic (exact) mass is 470 g/mol. The minimum Gasteiger partial charge on any atom is -0.457 e. The van der Waals surface area contributed by atoms with E-state index in [1.165, 1.54) is 23.1 Å². The molecular weight excluding hydrogens is 452 g/mol. The van der Waals surface area contributed by atoms with E-state index in [1.807, 2.05) is 49.4 Å². The van der Waals surface area contributed by atoms with Crippen LogP contribution in [0.25, 0.3) is 28.2 Å². The van der Waals surface area contributed by atoms with Crippen LogP contribution in [0.5, 0.6) is 0 Å². The lowest BCUT2D eigenvalue weighted by Crippen LogP contribution is -2.27. The van der Waals surface area contributed by atoms with Gasteiger partial charge >= 0.3 is 0 Å². The molecule has 1 saturated heterocycles. The summed E-state index contributed by atoms with van der Waals surface area (Å²) in [6, 6.07) is 21.6. The number of hydrogen-bond acceptors (Lipinski definition) is 6. The number of aryl methyl sites for hydroxylation is 1. The normalized spacial score (nSPS) is 15.0. The average Bonchev–Trinajstić information content (AvgIpc) is 3.39. The van der Waals surface area contributed by atoms with Gasteiger partial charge in [-0.2, -0.15) is 0 Å². The molecule has 8 heteroatoms. The number of carbonyl (C=O) groups is 2. The first-order chi connectivity index (χ1) is 16.4. The van der Waals surface area contributed by atoms with E-state index >= 15 is 0 Å². The van der Waals surface area contributed by atoms with Crippen LogP contribution in [0, 0.1) is 17.0 Å². The molecule has 1 fully saturated rings. The first kappa shape index (κ1) is 21.7. The number of benzene rings is 3. The maximum Gasteiger partial charge on any atom is 0.293 e. The second-order valence-corrected chi connectivity index (χ2v) is 8.86. The number of carbonyl (C=O) groups excluding carboxylic acids is 2. The highest BCUT2D eigenvalue weighted by molar-refractivity contribution is 8.18. The van der Waals surface area contributed by atoms with Crippen molar-refractivity contribution in [2.75, 3.05) is 0 Å². The molecule has 7 nitrogen and oxygen atoms in total. The number of non-ortho nitro benzene ring substituents is 1. The SMILES string of the molecule is Cc1ccc([N+](=O)[O-])cc1-c1ccc(/C=C2/SC(=O)N(Cc3cccc4ccccc34)C2=O)o1. The molecule has 5 rings (SSSR count). The average molecular weight is 471 g/mol. The molecule has 0 saturated carbocycles. The number of amides is 2. The quantitative estimate of drug-likeness (QED) is 0.186. The summed E-state index contributed by atoms with van der Waals surface area (Å²) in [4.78, 5) is 37.8. The number of thioether (sulfide) groups is 1. The highest BCUT2D eigenvalue weighted by atomic mass is 32.2. The van der Waals surface area contributed by atoms with Gasteiger partial charge < -0.3 is 4.42 Å². The smallest absolute Gasteiger partial charge is 0.293 e. The van der Waals surface area contributed by atoms with Crippen molar-refractivity contribution in [1.82, 2.24) is 4.90 Å². The van der Waals surface area contributed by atoms with Gasteiger partial charge in [0.15, 0.2) is 0 Å². The van der Waals surface area contributed by atoms with Gasteiger partial charge in [-0.15, -0.1) is 0 Å². The van der Waals surface area contributed by atoms with Crippen molar-refractivity contribution in [2.24, 2.45) is 0 Å². The number of nitrogens with zero attached hydrogens (tertiary/aromatic N) is 2. The summed E-state index contributed by atoms with van der Waals surface area (Å²) in [5.41, 5.74) is 2.27. The third-order valence-electron chi connectivity index (χ3n) is 5.68. The summed E-state index contributed by atoms with van der Waals surface area (Å²) in [5, 5.41) is 12.8. The highest BCUT2D eigenvalue weighted by Crippen LogP contribution is 2.36. The van der Waals surface area contributed by atoms with Crippen molar-refractivity contribution in [3.8, 4) is 11.3 Å². The molecule has 0 bridgehead atoms. The molecule has 34 heavy (non-hydrogen) atoms. The summed E-state index contributed by atoms with van der Waals surface area (Å²) >= 11 is 0.865. The molecule has 0 radical (unpaired) electrons. The van der Waals surface area contributed by atoms with Crippen LogP contribution in [0.15, 0.2) is 82.1 Å². The molecule has 3 aromatic carbocycles. The molecule has 2 heterocycles. The van der Waals surface area contributed by atoms with Crippen LogP contribution in [-0.4, -0.2) is 21.0 Å². The fourth-order valence-electron chi connectivity index (χ4n) is 3.93. The zero-order valence-corrected chi connectivity index (χ0v) is 18.9. The Hall–Kier alpha value is -4.17. The predicted octanol–water partition coefficient (Wildman–Crippen LogP) is 6.55. The Kier molecular flexibility index (Phi) is 5.51. The van der Waals surface area contributed by atoms with E-state index in [1.54, 1.807) is 18.2 Å². The summed E-state index contributed by atoms with van der Waals surface area (Å²) < 4.78 is 5.85. The minimum absolute atomic E-state index is 0.0342. The number of hydrogen-bond donors (Lipinski definition) is 0. The third-order valence-corrected chi connectivity index (χ3v) is 6.59. The molecular formula is C26H18N2O5S. The lowest BCUT2D eigenvalue weighted by Gasteiger charge is -2.14. The number of fused-ring (bicyclic) bond motifs is 1. The van der Waals surface area contributed by atoms with Gasteiger partial charge in [0.1, 0.15) is 11.5 Å². The molecule has 0 atom stereocenters.